The molecule has 0 fully saturated rings. The Morgan fingerprint density at radius 1 is 1.04 bits per heavy atom. The third kappa shape index (κ3) is 4.21. The smallest absolute Gasteiger partial charge is 0.117 e. The quantitative estimate of drug-likeness (QED) is 0.414. The molecule has 2 aromatic heterocycles. The Labute approximate surface area is 166 Å². The van der Waals surface area contributed by atoms with Crippen molar-refractivity contribution in [1.82, 2.24) is 10.3 Å². The molecule has 0 radical (unpaired) electrons. The van der Waals surface area contributed by atoms with Gasteiger partial charge in [-0.25, -0.2) is 4.98 Å². The maximum absolute atomic E-state index is 9.75. The first-order chi connectivity index (χ1) is 13.2. The van der Waals surface area contributed by atoms with E-state index in [0.29, 0.717) is 6.54 Å². The van der Waals surface area contributed by atoms with Crippen molar-refractivity contribution in [2.75, 3.05) is 6.54 Å². The predicted molar refractivity (Wildman–Crippen MR) is 111 cm³/mol. The Bertz CT molecular complexity index is 1040. The molecule has 2 aromatic carbocycles. The minimum Gasteiger partial charge on any atom is -0.508 e. The van der Waals surface area contributed by atoms with Crippen LogP contribution in [0.4, 0.5) is 0 Å². The second kappa shape index (κ2) is 7.94. The minimum atomic E-state index is 0.216. The number of phenols is 1. The number of aromatic nitrogens is 1. The van der Waals surface area contributed by atoms with Crippen LogP contribution in [0.25, 0.3) is 22.2 Å². The van der Waals surface area contributed by atoms with Crippen molar-refractivity contribution < 1.29 is 9.52 Å². The number of fused-ring (bicyclic) bond motifs is 1. The lowest BCUT2D eigenvalue weighted by Gasteiger charge is -2.11. The van der Waals surface area contributed by atoms with Crippen LogP contribution < -0.4 is 5.32 Å². The van der Waals surface area contributed by atoms with Gasteiger partial charge in [0, 0.05) is 28.0 Å². The van der Waals surface area contributed by atoms with Crippen molar-refractivity contribution in [3.63, 3.8) is 0 Å². The highest BCUT2D eigenvalue weighted by atomic mass is 79.9. The lowest BCUT2D eigenvalue weighted by atomic mass is 10.0. The molecular weight excluding hydrogens is 404 g/mol. The summed E-state index contributed by atoms with van der Waals surface area (Å²) in [6, 6.07) is 17.7. The molecule has 0 spiro atoms. The van der Waals surface area contributed by atoms with Crippen LogP contribution in [0.2, 0.25) is 0 Å². The van der Waals surface area contributed by atoms with Gasteiger partial charge in [-0.15, -0.1) is 0 Å². The molecule has 0 aliphatic carbocycles. The number of nitrogens with one attached hydrogen (secondary N) is 1. The monoisotopic (exact) mass is 422 g/mol. The molecule has 2 heterocycles. The molecule has 0 saturated carbocycles. The van der Waals surface area contributed by atoms with Gasteiger partial charge in [0.1, 0.15) is 5.75 Å². The minimum absolute atomic E-state index is 0.216. The van der Waals surface area contributed by atoms with E-state index in [1.165, 1.54) is 5.56 Å². The van der Waals surface area contributed by atoms with Crippen LogP contribution in [0, 0.1) is 0 Å². The molecule has 0 unspecified atom stereocenters. The molecule has 0 aliphatic heterocycles. The van der Waals surface area contributed by atoms with Crippen molar-refractivity contribution in [3.8, 4) is 17.0 Å². The number of rotatable bonds is 6. The van der Waals surface area contributed by atoms with Gasteiger partial charge >= 0.3 is 0 Å². The number of benzene rings is 2. The number of phenolic OH excluding ortho intramolecular Hbond substituents is 1. The fourth-order valence-corrected chi connectivity index (χ4v) is 3.35. The summed E-state index contributed by atoms with van der Waals surface area (Å²) >= 11 is 3.46. The summed E-state index contributed by atoms with van der Waals surface area (Å²) in [5.41, 5.74) is 4.98. The SMILES string of the molecule is Oc1ccc2cc(CNCCc3ccc(Br)cc3)c(-c3ccoc3)nc2c1. The van der Waals surface area contributed by atoms with E-state index in [-0.39, 0.29) is 5.75 Å². The van der Waals surface area contributed by atoms with Crippen molar-refractivity contribution in [3.05, 3.63) is 82.7 Å². The third-order valence-electron chi connectivity index (χ3n) is 4.49. The van der Waals surface area contributed by atoms with Crippen molar-refractivity contribution >= 4 is 26.8 Å². The molecule has 4 aromatic rings. The van der Waals surface area contributed by atoms with Crippen molar-refractivity contribution in [2.24, 2.45) is 0 Å². The van der Waals surface area contributed by atoms with Gasteiger partial charge in [0.2, 0.25) is 0 Å². The largest absolute Gasteiger partial charge is 0.508 e. The molecule has 4 nitrogen and oxygen atoms in total. The number of nitrogens with zero attached hydrogens (tertiary/aromatic N) is 1. The molecule has 0 bridgehead atoms. The lowest BCUT2D eigenvalue weighted by molar-refractivity contribution is 0.476. The topological polar surface area (TPSA) is 58.3 Å². The number of halogens is 1. The van der Waals surface area contributed by atoms with Gasteiger partial charge in [-0.3, -0.25) is 0 Å². The van der Waals surface area contributed by atoms with Gasteiger partial charge in [-0.1, -0.05) is 28.1 Å². The van der Waals surface area contributed by atoms with Gasteiger partial charge in [0.05, 0.1) is 23.7 Å². The number of pyridine rings is 1. The average molecular weight is 423 g/mol. The van der Waals surface area contributed by atoms with E-state index >= 15 is 0 Å². The number of hydrogen-bond acceptors (Lipinski definition) is 4. The maximum atomic E-state index is 9.75. The molecule has 2 N–H and O–H groups in total. The zero-order valence-corrected chi connectivity index (χ0v) is 16.2. The van der Waals surface area contributed by atoms with Gasteiger partial charge in [-0.05, 0) is 60.5 Å². The second-order valence-electron chi connectivity index (χ2n) is 6.44. The zero-order chi connectivity index (χ0) is 18.6. The van der Waals surface area contributed by atoms with E-state index in [0.717, 1.165) is 45.2 Å². The highest BCUT2D eigenvalue weighted by molar-refractivity contribution is 9.10. The van der Waals surface area contributed by atoms with Crippen LogP contribution in [0.5, 0.6) is 5.75 Å². The van der Waals surface area contributed by atoms with E-state index in [1.807, 2.05) is 12.1 Å². The van der Waals surface area contributed by atoms with Gasteiger partial charge < -0.3 is 14.8 Å². The fraction of sp³-hybridized carbons (Fsp3) is 0.136. The Morgan fingerprint density at radius 2 is 1.89 bits per heavy atom. The molecule has 0 atom stereocenters. The number of furan rings is 1. The van der Waals surface area contributed by atoms with Gasteiger partial charge in [-0.2, -0.15) is 0 Å². The molecule has 0 aliphatic rings. The highest BCUT2D eigenvalue weighted by Crippen LogP contribution is 2.27. The van der Waals surface area contributed by atoms with E-state index in [2.05, 4.69) is 51.6 Å². The van der Waals surface area contributed by atoms with Crippen LogP contribution in [0.1, 0.15) is 11.1 Å². The third-order valence-corrected chi connectivity index (χ3v) is 5.02. The summed E-state index contributed by atoms with van der Waals surface area (Å²) in [5, 5.41) is 14.3. The first kappa shape index (κ1) is 17.8. The van der Waals surface area contributed by atoms with Crippen LogP contribution in [-0.4, -0.2) is 16.6 Å². The summed E-state index contributed by atoms with van der Waals surface area (Å²) in [6.45, 7) is 1.58. The van der Waals surface area contributed by atoms with E-state index in [9.17, 15) is 5.11 Å². The van der Waals surface area contributed by atoms with Gasteiger partial charge in [0.25, 0.3) is 0 Å². The molecule has 27 heavy (non-hydrogen) atoms. The van der Waals surface area contributed by atoms with Crippen LogP contribution in [0.3, 0.4) is 0 Å². The van der Waals surface area contributed by atoms with Crippen molar-refractivity contribution in [2.45, 2.75) is 13.0 Å². The number of aromatic hydroxyl groups is 1. The Hall–Kier alpha value is -2.63. The molecule has 5 heteroatoms. The fourth-order valence-electron chi connectivity index (χ4n) is 3.09. The Morgan fingerprint density at radius 3 is 2.67 bits per heavy atom. The summed E-state index contributed by atoms with van der Waals surface area (Å²) in [4.78, 5) is 4.76. The highest BCUT2D eigenvalue weighted by Gasteiger charge is 2.11. The molecule has 4 rings (SSSR count). The van der Waals surface area contributed by atoms with Crippen LogP contribution in [-0.2, 0) is 13.0 Å². The molecule has 136 valence electrons. The second-order valence-corrected chi connectivity index (χ2v) is 7.35. The zero-order valence-electron chi connectivity index (χ0n) is 14.7. The van der Waals surface area contributed by atoms with Crippen LogP contribution >= 0.6 is 15.9 Å². The summed E-state index contributed by atoms with van der Waals surface area (Å²) in [5.74, 6) is 0.216. The van der Waals surface area contributed by atoms with Gasteiger partial charge in [0.15, 0.2) is 0 Å². The summed E-state index contributed by atoms with van der Waals surface area (Å²) in [6.07, 6.45) is 4.31. The molecular formula is C22H19BrN2O2. The average Bonchev–Trinajstić information content (AvgIpc) is 3.20. The summed E-state index contributed by atoms with van der Waals surface area (Å²) < 4.78 is 6.33. The predicted octanol–water partition coefficient (Wildman–Crippen LogP) is 5.30. The van der Waals surface area contributed by atoms with E-state index < -0.39 is 0 Å². The maximum Gasteiger partial charge on any atom is 0.117 e. The lowest BCUT2D eigenvalue weighted by Crippen LogP contribution is -2.17. The first-order valence-electron chi connectivity index (χ1n) is 8.79. The molecule has 0 amide bonds. The summed E-state index contributed by atoms with van der Waals surface area (Å²) in [7, 11) is 0. The first-order valence-corrected chi connectivity index (χ1v) is 9.59. The normalized spacial score (nSPS) is 11.1. The Balaban J connectivity index is 1.53. The Kier molecular flexibility index (Phi) is 5.23. The molecule has 0 saturated heterocycles. The van der Waals surface area contributed by atoms with E-state index in [1.54, 1.807) is 24.7 Å². The van der Waals surface area contributed by atoms with Crippen LogP contribution in [0.15, 0.2) is 76.0 Å². The van der Waals surface area contributed by atoms with Crippen molar-refractivity contribution in [1.29, 1.82) is 0 Å². The standard InChI is InChI=1S/C22H19BrN2O2/c23-19-4-1-15(2-5-19)7-9-24-13-18-11-16-3-6-20(26)12-21(16)25-22(18)17-8-10-27-14-17/h1-6,8,10-12,14,24,26H,7,9,13H2. The van der Waals surface area contributed by atoms with E-state index in [4.69, 9.17) is 9.40 Å². The number of hydrogen-bond donors (Lipinski definition) is 2.